The van der Waals surface area contributed by atoms with Crippen LogP contribution in [0.2, 0.25) is 0 Å². The molecule has 0 N–H and O–H groups in total. The maximum absolute atomic E-state index is 12.9. The van der Waals surface area contributed by atoms with E-state index in [1.165, 1.54) is 0 Å². The lowest BCUT2D eigenvalue weighted by Gasteiger charge is -2.23. The van der Waals surface area contributed by atoms with Gasteiger partial charge in [-0.15, -0.1) is 0 Å². The first-order valence-corrected chi connectivity index (χ1v) is 10.8. The average Bonchev–Trinajstić information content (AvgIpc) is 2.81. The minimum atomic E-state index is -0.411. The van der Waals surface area contributed by atoms with E-state index in [1.54, 1.807) is 18.1 Å². The Hall–Kier alpha value is -3.48. The SMILES string of the molecule is CCN(Cc1ccc2c(c1)OCCO2)C(=O)CCc1c(C)c2ccc(OC)cc2oc1=O. The fourth-order valence-corrected chi connectivity index (χ4v) is 3.96. The van der Waals surface area contributed by atoms with E-state index in [9.17, 15) is 9.59 Å². The molecule has 2 heterocycles. The van der Waals surface area contributed by atoms with Gasteiger partial charge in [0.25, 0.3) is 0 Å². The molecule has 32 heavy (non-hydrogen) atoms. The van der Waals surface area contributed by atoms with Crippen molar-refractivity contribution in [3.05, 3.63) is 63.5 Å². The molecule has 7 heteroatoms. The number of aryl methyl sites for hydroxylation is 1. The number of amides is 1. The first-order chi connectivity index (χ1) is 15.5. The molecular weight excluding hydrogens is 410 g/mol. The summed E-state index contributed by atoms with van der Waals surface area (Å²) >= 11 is 0. The molecule has 1 aromatic heterocycles. The second-order valence-corrected chi connectivity index (χ2v) is 7.74. The van der Waals surface area contributed by atoms with Crippen LogP contribution in [0.3, 0.4) is 0 Å². The predicted molar refractivity (Wildman–Crippen MR) is 121 cm³/mol. The summed E-state index contributed by atoms with van der Waals surface area (Å²) in [6, 6.07) is 11.1. The van der Waals surface area contributed by atoms with Crippen molar-refractivity contribution in [1.82, 2.24) is 4.90 Å². The van der Waals surface area contributed by atoms with Crippen LogP contribution in [0.5, 0.6) is 17.2 Å². The van der Waals surface area contributed by atoms with Crippen molar-refractivity contribution >= 4 is 16.9 Å². The lowest BCUT2D eigenvalue weighted by Crippen LogP contribution is -2.31. The van der Waals surface area contributed by atoms with Gasteiger partial charge in [-0.05, 0) is 55.7 Å². The van der Waals surface area contributed by atoms with E-state index in [-0.39, 0.29) is 12.3 Å². The molecule has 7 nitrogen and oxygen atoms in total. The van der Waals surface area contributed by atoms with Gasteiger partial charge in [-0.3, -0.25) is 4.79 Å². The summed E-state index contributed by atoms with van der Waals surface area (Å²) < 4.78 is 21.9. The highest BCUT2D eigenvalue weighted by atomic mass is 16.6. The van der Waals surface area contributed by atoms with Crippen LogP contribution in [0.1, 0.15) is 30.0 Å². The zero-order chi connectivity index (χ0) is 22.7. The van der Waals surface area contributed by atoms with Gasteiger partial charge in [0.05, 0.1) is 7.11 Å². The standard InChI is InChI=1S/C25H27NO6/c1-4-26(15-17-5-9-21-23(13-17)31-12-11-30-21)24(27)10-8-20-16(2)19-7-6-18(29-3)14-22(19)32-25(20)28/h5-7,9,13-14H,4,8,10-12,15H2,1-3H3. The lowest BCUT2D eigenvalue weighted by atomic mass is 10.0. The Bertz CT molecular complexity index is 1200. The van der Waals surface area contributed by atoms with Crippen LogP contribution in [0, 0.1) is 6.92 Å². The van der Waals surface area contributed by atoms with Crippen molar-refractivity contribution in [3.63, 3.8) is 0 Å². The second kappa shape index (κ2) is 9.34. The summed E-state index contributed by atoms with van der Waals surface area (Å²) in [5.41, 5.74) is 2.41. The van der Waals surface area contributed by atoms with Crippen LogP contribution in [0.25, 0.3) is 11.0 Å². The first-order valence-electron chi connectivity index (χ1n) is 10.8. The van der Waals surface area contributed by atoms with E-state index in [4.69, 9.17) is 18.6 Å². The van der Waals surface area contributed by atoms with Gasteiger partial charge in [0.15, 0.2) is 11.5 Å². The summed E-state index contributed by atoms with van der Waals surface area (Å²) in [6.07, 6.45) is 0.554. The van der Waals surface area contributed by atoms with Crippen molar-refractivity contribution in [2.24, 2.45) is 0 Å². The molecular formula is C25H27NO6. The largest absolute Gasteiger partial charge is 0.497 e. The maximum Gasteiger partial charge on any atom is 0.339 e. The van der Waals surface area contributed by atoms with Crippen LogP contribution in [0.15, 0.2) is 45.6 Å². The number of hydrogen-bond donors (Lipinski definition) is 0. The molecule has 4 rings (SSSR count). The summed E-state index contributed by atoms with van der Waals surface area (Å²) in [7, 11) is 1.57. The molecule has 2 aromatic carbocycles. The zero-order valence-electron chi connectivity index (χ0n) is 18.6. The van der Waals surface area contributed by atoms with Crippen LogP contribution in [0.4, 0.5) is 0 Å². The number of carbonyl (C=O) groups is 1. The van der Waals surface area contributed by atoms with E-state index in [2.05, 4.69) is 0 Å². The molecule has 3 aromatic rings. The average molecular weight is 437 g/mol. The highest BCUT2D eigenvalue weighted by Gasteiger charge is 2.18. The number of hydrogen-bond acceptors (Lipinski definition) is 6. The third-order valence-electron chi connectivity index (χ3n) is 5.80. The molecule has 0 aliphatic carbocycles. The van der Waals surface area contributed by atoms with Crippen molar-refractivity contribution in [1.29, 1.82) is 0 Å². The van der Waals surface area contributed by atoms with E-state index in [1.807, 2.05) is 44.2 Å². The quantitative estimate of drug-likeness (QED) is 0.523. The van der Waals surface area contributed by atoms with Gasteiger partial charge in [-0.2, -0.15) is 0 Å². The highest BCUT2D eigenvalue weighted by molar-refractivity contribution is 5.82. The monoisotopic (exact) mass is 437 g/mol. The van der Waals surface area contributed by atoms with Crippen LogP contribution in [-0.2, 0) is 17.8 Å². The van der Waals surface area contributed by atoms with Crippen molar-refractivity contribution in [2.75, 3.05) is 26.9 Å². The number of methoxy groups -OCH3 is 1. The van der Waals surface area contributed by atoms with Gasteiger partial charge in [0, 0.05) is 36.5 Å². The van der Waals surface area contributed by atoms with Gasteiger partial charge in [0.1, 0.15) is 24.5 Å². The molecule has 0 fully saturated rings. The van der Waals surface area contributed by atoms with Gasteiger partial charge < -0.3 is 23.5 Å². The molecule has 168 valence electrons. The molecule has 0 atom stereocenters. The molecule has 1 amide bonds. The lowest BCUT2D eigenvalue weighted by molar-refractivity contribution is -0.131. The molecule has 0 saturated heterocycles. The maximum atomic E-state index is 12.9. The zero-order valence-corrected chi connectivity index (χ0v) is 18.6. The van der Waals surface area contributed by atoms with Gasteiger partial charge in [-0.25, -0.2) is 4.79 Å². The van der Waals surface area contributed by atoms with Crippen molar-refractivity contribution < 1.29 is 23.4 Å². The van der Waals surface area contributed by atoms with Crippen LogP contribution >= 0.6 is 0 Å². The Morgan fingerprint density at radius 1 is 1.09 bits per heavy atom. The Morgan fingerprint density at radius 3 is 2.62 bits per heavy atom. The molecule has 1 aliphatic heterocycles. The Balaban J connectivity index is 1.47. The summed E-state index contributed by atoms with van der Waals surface area (Å²) in [5.74, 6) is 2.04. The predicted octanol–water partition coefficient (Wildman–Crippen LogP) is 3.86. The third-order valence-corrected chi connectivity index (χ3v) is 5.80. The summed E-state index contributed by atoms with van der Waals surface area (Å²) in [6.45, 7) is 5.93. The van der Waals surface area contributed by atoms with E-state index in [0.717, 1.165) is 22.3 Å². The van der Waals surface area contributed by atoms with Crippen LogP contribution < -0.4 is 19.8 Å². The number of nitrogens with zero attached hydrogens (tertiary/aromatic N) is 1. The Kier molecular flexibility index (Phi) is 6.35. The minimum absolute atomic E-state index is 0.0176. The Morgan fingerprint density at radius 2 is 1.88 bits per heavy atom. The number of benzene rings is 2. The normalized spacial score (nSPS) is 12.6. The van der Waals surface area contributed by atoms with Crippen molar-refractivity contribution in [2.45, 2.75) is 33.2 Å². The molecule has 0 spiro atoms. The van der Waals surface area contributed by atoms with Gasteiger partial charge >= 0.3 is 5.63 Å². The molecule has 0 unspecified atom stereocenters. The summed E-state index contributed by atoms with van der Waals surface area (Å²) in [5, 5.41) is 0.844. The van der Waals surface area contributed by atoms with Crippen molar-refractivity contribution in [3.8, 4) is 17.2 Å². The third kappa shape index (κ3) is 4.42. The molecule has 1 aliphatic rings. The topological polar surface area (TPSA) is 78.2 Å². The number of rotatable bonds is 7. The number of ether oxygens (including phenoxy) is 3. The van der Waals surface area contributed by atoms with Gasteiger partial charge in [-0.1, -0.05) is 6.07 Å². The molecule has 0 bridgehead atoms. The minimum Gasteiger partial charge on any atom is -0.497 e. The van der Waals surface area contributed by atoms with Crippen LogP contribution in [-0.4, -0.2) is 37.7 Å². The van der Waals surface area contributed by atoms with E-state index >= 15 is 0 Å². The van der Waals surface area contributed by atoms with Gasteiger partial charge in [0.2, 0.25) is 5.91 Å². The number of carbonyl (C=O) groups excluding carboxylic acids is 1. The summed E-state index contributed by atoms with van der Waals surface area (Å²) in [4.78, 5) is 27.3. The van der Waals surface area contributed by atoms with E-state index in [0.29, 0.717) is 55.4 Å². The first kappa shape index (κ1) is 21.7. The smallest absolute Gasteiger partial charge is 0.339 e. The van der Waals surface area contributed by atoms with E-state index < -0.39 is 5.63 Å². The fraction of sp³-hybridized carbons (Fsp3) is 0.360. The second-order valence-electron chi connectivity index (χ2n) is 7.74. The number of fused-ring (bicyclic) bond motifs is 2. The molecule has 0 radical (unpaired) electrons. The Labute approximate surface area is 186 Å². The fourth-order valence-electron chi connectivity index (χ4n) is 3.96. The highest BCUT2D eigenvalue weighted by Crippen LogP contribution is 2.31. The molecule has 0 saturated carbocycles.